The number of benzene rings is 1. The number of nitrogen functional groups attached to an aromatic ring is 2. The second kappa shape index (κ2) is 9.71. The zero-order valence-corrected chi connectivity index (χ0v) is 17.3. The van der Waals surface area contributed by atoms with Crippen LogP contribution >= 0.6 is 0 Å². The van der Waals surface area contributed by atoms with E-state index in [9.17, 15) is 4.79 Å². The number of carbonyl (C=O) groups is 1. The highest BCUT2D eigenvalue weighted by molar-refractivity contribution is 5.73. The van der Waals surface area contributed by atoms with Gasteiger partial charge in [-0.05, 0) is 37.1 Å². The van der Waals surface area contributed by atoms with Gasteiger partial charge in [-0.1, -0.05) is 12.1 Å². The molecule has 0 spiro atoms. The monoisotopic (exact) mass is 425 g/mol. The van der Waals surface area contributed by atoms with E-state index in [1.807, 2.05) is 0 Å². The van der Waals surface area contributed by atoms with Crippen LogP contribution in [0.4, 0.5) is 27.8 Å². The maximum absolute atomic E-state index is 12.7. The Morgan fingerprint density at radius 1 is 1.00 bits per heavy atom. The Morgan fingerprint density at radius 2 is 1.71 bits per heavy atom. The van der Waals surface area contributed by atoms with E-state index in [2.05, 4.69) is 20.1 Å². The molecule has 0 atom stereocenters. The first-order valence-corrected chi connectivity index (χ1v) is 10.4. The number of ether oxygens (including phenoxy) is 2. The minimum atomic E-state index is -0.378. The van der Waals surface area contributed by atoms with Gasteiger partial charge in [0.2, 0.25) is 0 Å². The maximum atomic E-state index is 12.7. The minimum absolute atomic E-state index is 0.182. The maximum Gasteiger partial charge on any atom is 0.415 e. The van der Waals surface area contributed by atoms with Gasteiger partial charge >= 0.3 is 6.09 Å². The third-order valence-electron chi connectivity index (χ3n) is 5.54. The average molecular weight is 425 g/mol. The van der Waals surface area contributed by atoms with Crippen LogP contribution in [0.2, 0.25) is 0 Å². The molecule has 0 radical (unpaired) electrons. The number of likely N-dealkylation sites (tertiary alicyclic amines) is 1. The van der Waals surface area contributed by atoms with Gasteiger partial charge in [-0.3, -0.25) is 4.90 Å². The summed E-state index contributed by atoms with van der Waals surface area (Å²) in [5, 5.41) is 8.31. The standard InChI is InChI=1S/C21H27N7O3/c22-19-6-5-17(20(23)24-19)26-25-16-3-1-2-4-18(16)31-21(29)28-9-7-15(8-10-28)27-11-13-30-14-12-27/h1-6,15H,7-14H2,(H4,22,23,24). The lowest BCUT2D eigenvalue weighted by Crippen LogP contribution is -2.50. The van der Waals surface area contributed by atoms with E-state index in [1.54, 1.807) is 41.3 Å². The molecule has 0 bridgehead atoms. The molecule has 1 amide bonds. The minimum Gasteiger partial charge on any atom is -0.408 e. The van der Waals surface area contributed by atoms with Crippen LogP contribution in [0.15, 0.2) is 46.6 Å². The van der Waals surface area contributed by atoms with Crippen LogP contribution in [-0.4, -0.2) is 66.3 Å². The number of nitrogens with two attached hydrogens (primary N) is 2. The molecular formula is C21H27N7O3. The zero-order valence-electron chi connectivity index (χ0n) is 17.3. The number of piperidine rings is 1. The van der Waals surface area contributed by atoms with Crippen molar-refractivity contribution in [3.63, 3.8) is 0 Å². The molecule has 0 aliphatic carbocycles. The Hall–Kier alpha value is -3.24. The van der Waals surface area contributed by atoms with Crippen molar-refractivity contribution < 1.29 is 14.3 Å². The Labute approximate surface area is 180 Å². The lowest BCUT2D eigenvalue weighted by molar-refractivity contribution is 0.00235. The fraction of sp³-hybridized carbons (Fsp3) is 0.429. The van der Waals surface area contributed by atoms with E-state index < -0.39 is 0 Å². The summed E-state index contributed by atoms with van der Waals surface area (Å²) < 4.78 is 11.1. The van der Waals surface area contributed by atoms with Crippen molar-refractivity contribution in [2.24, 2.45) is 10.2 Å². The number of pyridine rings is 1. The lowest BCUT2D eigenvalue weighted by atomic mass is 10.0. The van der Waals surface area contributed by atoms with Crippen LogP contribution in [0.1, 0.15) is 12.8 Å². The molecular weight excluding hydrogens is 398 g/mol. The molecule has 2 fully saturated rings. The molecule has 3 heterocycles. The zero-order chi connectivity index (χ0) is 21.6. The number of amides is 1. The number of azo groups is 1. The van der Waals surface area contributed by atoms with Crippen molar-refractivity contribution in [1.29, 1.82) is 0 Å². The van der Waals surface area contributed by atoms with Crippen LogP contribution in [0.25, 0.3) is 0 Å². The summed E-state index contributed by atoms with van der Waals surface area (Å²) in [6, 6.07) is 10.7. The number of hydrogen-bond donors (Lipinski definition) is 2. The van der Waals surface area contributed by atoms with E-state index in [0.717, 1.165) is 39.1 Å². The van der Waals surface area contributed by atoms with Gasteiger partial charge in [0.15, 0.2) is 11.6 Å². The fourth-order valence-electron chi connectivity index (χ4n) is 3.82. The first-order chi connectivity index (χ1) is 15.1. The molecule has 164 valence electrons. The normalized spacial score (nSPS) is 18.4. The summed E-state index contributed by atoms with van der Waals surface area (Å²) in [6.07, 6.45) is 1.48. The first-order valence-electron chi connectivity index (χ1n) is 10.4. The number of morpholine rings is 1. The largest absolute Gasteiger partial charge is 0.415 e. The van der Waals surface area contributed by atoms with Crippen LogP contribution in [0.3, 0.4) is 0 Å². The molecule has 1 aromatic carbocycles. The molecule has 31 heavy (non-hydrogen) atoms. The summed E-state index contributed by atoms with van der Waals surface area (Å²) in [5.74, 6) is 0.832. The molecule has 10 heteroatoms. The number of hydrogen-bond acceptors (Lipinski definition) is 9. The molecule has 1 aromatic heterocycles. The summed E-state index contributed by atoms with van der Waals surface area (Å²) in [4.78, 5) is 20.9. The quantitative estimate of drug-likeness (QED) is 0.720. The van der Waals surface area contributed by atoms with Crippen molar-refractivity contribution in [3.8, 4) is 5.75 Å². The molecule has 4 rings (SSSR count). The molecule has 10 nitrogen and oxygen atoms in total. The summed E-state index contributed by atoms with van der Waals surface area (Å²) in [7, 11) is 0. The number of anilines is 2. The average Bonchev–Trinajstić information content (AvgIpc) is 2.80. The van der Waals surface area contributed by atoms with Crippen LogP contribution in [0, 0.1) is 0 Å². The van der Waals surface area contributed by atoms with Gasteiger partial charge in [0.25, 0.3) is 0 Å². The van der Waals surface area contributed by atoms with Gasteiger partial charge in [-0.15, -0.1) is 10.2 Å². The predicted octanol–water partition coefficient (Wildman–Crippen LogP) is 2.96. The van der Waals surface area contributed by atoms with E-state index in [4.69, 9.17) is 20.9 Å². The summed E-state index contributed by atoms with van der Waals surface area (Å²) >= 11 is 0. The van der Waals surface area contributed by atoms with Gasteiger partial charge in [0.1, 0.15) is 17.2 Å². The third kappa shape index (κ3) is 5.28. The SMILES string of the molecule is Nc1ccc(N=Nc2ccccc2OC(=O)N2CCC(N3CCOCC3)CC2)c(N)n1. The van der Waals surface area contributed by atoms with Crippen LogP contribution in [-0.2, 0) is 4.74 Å². The summed E-state index contributed by atoms with van der Waals surface area (Å²) in [6.45, 7) is 4.82. The van der Waals surface area contributed by atoms with Crippen molar-refractivity contribution in [2.75, 3.05) is 50.9 Å². The van der Waals surface area contributed by atoms with E-state index in [-0.39, 0.29) is 11.9 Å². The van der Waals surface area contributed by atoms with Crippen LogP contribution < -0.4 is 16.2 Å². The molecule has 2 aliphatic rings. The second-order valence-corrected chi connectivity index (χ2v) is 7.54. The van der Waals surface area contributed by atoms with Gasteiger partial charge in [-0.2, -0.15) is 0 Å². The van der Waals surface area contributed by atoms with Crippen molar-refractivity contribution in [1.82, 2.24) is 14.8 Å². The Morgan fingerprint density at radius 3 is 2.45 bits per heavy atom. The molecule has 4 N–H and O–H groups in total. The fourth-order valence-corrected chi connectivity index (χ4v) is 3.82. The van der Waals surface area contributed by atoms with Gasteiger partial charge in [-0.25, -0.2) is 9.78 Å². The highest BCUT2D eigenvalue weighted by atomic mass is 16.6. The number of carbonyl (C=O) groups excluding carboxylic acids is 1. The van der Waals surface area contributed by atoms with Crippen molar-refractivity contribution >= 4 is 29.1 Å². The molecule has 2 saturated heterocycles. The van der Waals surface area contributed by atoms with E-state index in [0.29, 0.717) is 42.1 Å². The van der Waals surface area contributed by atoms with E-state index >= 15 is 0 Å². The summed E-state index contributed by atoms with van der Waals surface area (Å²) in [5.41, 5.74) is 12.2. The second-order valence-electron chi connectivity index (χ2n) is 7.54. The number of nitrogens with zero attached hydrogens (tertiary/aromatic N) is 5. The smallest absolute Gasteiger partial charge is 0.408 e. The molecule has 0 saturated carbocycles. The number of aromatic nitrogens is 1. The van der Waals surface area contributed by atoms with Crippen molar-refractivity contribution in [2.45, 2.75) is 18.9 Å². The predicted molar refractivity (Wildman–Crippen MR) is 117 cm³/mol. The van der Waals surface area contributed by atoms with Gasteiger partial charge in [0.05, 0.1) is 13.2 Å². The highest BCUT2D eigenvalue weighted by Crippen LogP contribution is 2.31. The Bertz CT molecular complexity index is 938. The highest BCUT2D eigenvalue weighted by Gasteiger charge is 2.28. The van der Waals surface area contributed by atoms with Crippen molar-refractivity contribution in [3.05, 3.63) is 36.4 Å². The first kappa shape index (κ1) is 21.0. The van der Waals surface area contributed by atoms with Gasteiger partial charge < -0.3 is 25.8 Å². The lowest BCUT2D eigenvalue weighted by Gasteiger charge is -2.39. The van der Waals surface area contributed by atoms with Gasteiger partial charge in [0, 0.05) is 32.2 Å². The number of para-hydroxylation sites is 1. The molecule has 2 aliphatic heterocycles. The van der Waals surface area contributed by atoms with Crippen LogP contribution in [0.5, 0.6) is 5.75 Å². The topological polar surface area (TPSA) is 132 Å². The number of rotatable bonds is 4. The molecule has 2 aromatic rings. The molecule has 0 unspecified atom stereocenters. The van der Waals surface area contributed by atoms with E-state index in [1.165, 1.54) is 0 Å². The third-order valence-corrected chi connectivity index (χ3v) is 5.54. The Kier molecular flexibility index (Phi) is 6.58. The Balaban J connectivity index is 1.37.